The van der Waals surface area contributed by atoms with Crippen LogP contribution in [0.25, 0.3) is 10.6 Å². The lowest BCUT2D eigenvalue weighted by Gasteiger charge is -2.21. The number of para-hydroxylation sites is 1. The highest BCUT2D eigenvalue weighted by molar-refractivity contribution is 8.00. The van der Waals surface area contributed by atoms with Crippen molar-refractivity contribution >= 4 is 34.7 Å². The Bertz CT molecular complexity index is 1440. The number of amides is 1. The predicted molar refractivity (Wildman–Crippen MR) is 146 cm³/mol. The minimum Gasteiger partial charge on any atom is -0.324 e. The van der Waals surface area contributed by atoms with Crippen LogP contribution in [-0.2, 0) is 23.8 Å². The van der Waals surface area contributed by atoms with E-state index in [-0.39, 0.29) is 10.7 Å². The first kappa shape index (κ1) is 27.4. The minimum absolute atomic E-state index is 0.102. The summed E-state index contributed by atoms with van der Waals surface area (Å²) in [5, 5.41) is 13.5. The maximum atomic E-state index is 14.0. The van der Waals surface area contributed by atoms with E-state index in [4.69, 9.17) is 0 Å². The Kier molecular flexibility index (Phi) is 8.55. The van der Waals surface area contributed by atoms with Gasteiger partial charge in [0.15, 0.2) is 0 Å². The largest absolute Gasteiger partial charge is 0.417 e. The van der Waals surface area contributed by atoms with Crippen molar-refractivity contribution in [3.8, 4) is 16.6 Å². The van der Waals surface area contributed by atoms with E-state index in [0.29, 0.717) is 29.0 Å². The highest BCUT2D eigenvalue weighted by Crippen LogP contribution is 2.43. The Morgan fingerprint density at radius 3 is 2.29 bits per heavy atom. The number of pyridine rings is 1. The number of thiophene rings is 1. The number of aromatic nitrogens is 1. The summed E-state index contributed by atoms with van der Waals surface area (Å²) in [4.78, 5) is 18.8. The van der Waals surface area contributed by atoms with E-state index in [2.05, 4.69) is 10.3 Å². The van der Waals surface area contributed by atoms with Crippen LogP contribution < -0.4 is 5.32 Å². The Morgan fingerprint density at radius 2 is 1.74 bits per heavy atom. The maximum Gasteiger partial charge on any atom is 0.417 e. The molecule has 0 aliphatic heterocycles. The summed E-state index contributed by atoms with van der Waals surface area (Å²) in [6.07, 6.45) is -3.37. The van der Waals surface area contributed by atoms with Crippen LogP contribution in [-0.4, -0.2) is 10.9 Å². The molecule has 0 radical (unpaired) electrons. The average molecular weight is 552 g/mol. The summed E-state index contributed by atoms with van der Waals surface area (Å²) in [5.41, 5.74) is 1.65. The van der Waals surface area contributed by atoms with Gasteiger partial charge in [0.25, 0.3) is 0 Å². The molecule has 0 bridgehead atoms. The van der Waals surface area contributed by atoms with E-state index >= 15 is 0 Å². The zero-order chi connectivity index (χ0) is 27.3. The molecule has 0 fully saturated rings. The van der Waals surface area contributed by atoms with Gasteiger partial charge in [-0.25, -0.2) is 4.98 Å². The van der Waals surface area contributed by atoms with Crippen LogP contribution in [0.5, 0.6) is 0 Å². The second-order valence-corrected chi connectivity index (χ2v) is 10.4. The molecule has 1 atom stereocenters. The molecule has 4 nitrogen and oxygen atoms in total. The zero-order valence-electron chi connectivity index (χ0n) is 20.7. The van der Waals surface area contributed by atoms with Gasteiger partial charge in [-0.15, -0.1) is 11.3 Å². The van der Waals surface area contributed by atoms with E-state index in [1.54, 1.807) is 53.9 Å². The van der Waals surface area contributed by atoms with Crippen LogP contribution in [0.2, 0.25) is 0 Å². The molecule has 1 unspecified atom stereocenters. The number of benzene rings is 2. The van der Waals surface area contributed by atoms with E-state index in [9.17, 15) is 23.2 Å². The second kappa shape index (κ2) is 11.8. The van der Waals surface area contributed by atoms with Crippen molar-refractivity contribution < 1.29 is 18.0 Å². The van der Waals surface area contributed by atoms with Crippen LogP contribution >= 0.6 is 23.1 Å². The number of hydrogen-bond acceptors (Lipinski definition) is 5. The van der Waals surface area contributed by atoms with Crippen molar-refractivity contribution in [1.82, 2.24) is 4.98 Å². The van der Waals surface area contributed by atoms with Crippen molar-refractivity contribution in [2.75, 3.05) is 5.32 Å². The SMILES string of the molecule is CCc1cccc(CC)c1NC(=O)C(Sc1nc(-c2cccs2)cc(C(F)(F)F)c1C#N)c1ccccc1. The molecule has 38 heavy (non-hydrogen) atoms. The number of nitriles is 1. The van der Waals surface area contributed by atoms with Gasteiger partial charge in [0, 0.05) is 5.69 Å². The number of nitrogens with zero attached hydrogens (tertiary/aromatic N) is 2. The van der Waals surface area contributed by atoms with Crippen LogP contribution in [0.1, 0.15) is 46.9 Å². The van der Waals surface area contributed by atoms with E-state index in [1.807, 2.05) is 32.0 Å². The highest BCUT2D eigenvalue weighted by Gasteiger charge is 2.37. The number of aryl methyl sites for hydroxylation is 2. The topological polar surface area (TPSA) is 65.8 Å². The molecule has 2 heterocycles. The molecule has 2 aromatic heterocycles. The fourth-order valence-corrected chi connectivity index (χ4v) is 5.89. The van der Waals surface area contributed by atoms with Gasteiger partial charge in [0.05, 0.1) is 21.7 Å². The van der Waals surface area contributed by atoms with Crippen LogP contribution in [0, 0.1) is 11.3 Å². The fraction of sp³-hybridized carbons (Fsp3) is 0.207. The lowest BCUT2D eigenvalue weighted by molar-refractivity contribution is -0.138. The highest BCUT2D eigenvalue weighted by atomic mass is 32.2. The lowest BCUT2D eigenvalue weighted by atomic mass is 10.0. The van der Waals surface area contributed by atoms with Crippen molar-refractivity contribution in [3.05, 3.63) is 99.9 Å². The van der Waals surface area contributed by atoms with E-state index in [1.165, 1.54) is 11.3 Å². The molecule has 0 spiro atoms. The Balaban J connectivity index is 1.83. The van der Waals surface area contributed by atoms with E-state index in [0.717, 1.165) is 29.0 Å². The molecular weight excluding hydrogens is 527 g/mol. The third-order valence-electron chi connectivity index (χ3n) is 5.99. The zero-order valence-corrected chi connectivity index (χ0v) is 22.3. The molecule has 194 valence electrons. The molecule has 0 saturated carbocycles. The van der Waals surface area contributed by atoms with E-state index < -0.39 is 28.5 Å². The first-order valence-corrected chi connectivity index (χ1v) is 13.7. The predicted octanol–water partition coefficient (Wildman–Crippen LogP) is 8.30. The number of hydrogen-bond donors (Lipinski definition) is 1. The summed E-state index contributed by atoms with van der Waals surface area (Å²) in [6, 6.07) is 20.6. The molecule has 9 heteroatoms. The summed E-state index contributed by atoms with van der Waals surface area (Å²) >= 11 is 2.10. The van der Waals surface area contributed by atoms with Gasteiger partial charge in [0.2, 0.25) is 5.91 Å². The number of nitrogens with one attached hydrogen (secondary N) is 1. The summed E-state index contributed by atoms with van der Waals surface area (Å²) < 4.78 is 42.1. The average Bonchev–Trinajstić information content (AvgIpc) is 3.46. The third-order valence-corrected chi connectivity index (χ3v) is 8.13. The molecule has 2 aromatic carbocycles. The van der Waals surface area contributed by atoms with Crippen LogP contribution in [0.15, 0.2) is 77.1 Å². The molecule has 4 aromatic rings. The minimum atomic E-state index is -4.77. The number of anilines is 1. The first-order chi connectivity index (χ1) is 18.3. The standard InChI is InChI=1S/C29H24F3N3OS2/c1-3-18-12-8-13-19(4-2)25(18)35-27(36)26(20-10-6-5-7-11-20)38-28-21(17-33)22(29(30,31)32)16-23(34-28)24-14-9-15-37-24/h5-16,26H,3-4H2,1-2H3,(H,35,36). The molecule has 1 N–H and O–H groups in total. The monoisotopic (exact) mass is 551 g/mol. The number of carbonyl (C=O) groups excluding carboxylic acids is 1. The van der Waals surface area contributed by atoms with Gasteiger partial charge in [-0.3, -0.25) is 4.79 Å². The number of carbonyl (C=O) groups is 1. The van der Waals surface area contributed by atoms with Gasteiger partial charge in [-0.05, 0) is 47.0 Å². The number of thioether (sulfide) groups is 1. The lowest BCUT2D eigenvalue weighted by Crippen LogP contribution is -2.21. The molecule has 0 saturated heterocycles. The smallest absolute Gasteiger partial charge is 0.324 e. The van der Waals surface area contributed by atoms with Crippen LogP contribution in [0.4, 0.5) is 18.9 Å². The summed E-state index contributed by atoms with van der Waals surface area (Å²) in [7, 11) is 0. The quantitative estimate of drug-likeness (QED) is 0.224. The second-order valence-electron chi connectivity index (χ2n) is 8.38. The van der Waals surface area contributed by atoms with Crippen molar-refractivity contribution in [2.24, 2.45) is 0 Å². The number of alkyl halides is 3. The van der Waals surface area contributed by atoms with Crippen molar-refractivity contribution in [2.45, 2.75) is 43.1 Å². The molecule has 4 rings (SSSR count). The molecule has 0 aliphatic rings. The fourth-order valence-electron chi connectivity index (χ4n) is 4.09. The van der Waals surface area contributed by atoms with Gasteiger partial charge >= 0.3 is 6.18 Å². The first-order valence-electron chi connectivity index (χ1n) is 12.0. The van der Waals surface area contributed by atoms with Crippen LogP contribution in [0.3, 0.4) is 0 Å². The molecule has 0 aliphatic carbocycles. The van der Waals surface area contributed by atoms with Gasteiger partial charge in [-0.1, -0.05) is 80.2 Å². The number of rotatable bonds is 8. The molecule has 1 amide bonds. The summed E-state index contributed by atoms with van der Waals surface area (Å²) in [6.45, 7) is 3.98. The van der Waals surface area contributed by atoms with Gasteiger partial charge in [-0.2, -0.15) is 18.4 Å². The van der Waals surface area contributed by atoms with Crippen molar-refractivity contribution in [1.29, 1.82) is 5.26 Å². The Hall–Kier alpha value is -3.61. The Labute approximate surface area is 227 Å². The van der Waals surface area contributed by atoms with Gasteiger partial charge in [0.1, 0.15) is 16.3 Å². The number of halogens is 3. The maximum absolute atomic E-state index is 14.0. The molecular formula is C29H24F3N3OS2. The normalized spacial score (nSPS) is 12.1. The van der Waals surface area contributed by atoms with Gasteiger partial charge < -0.3 is 5.32 Å². The summed E-state index contributed by atoms with van der Waals surface area (Å²) in [5.74, 6) is -0.405. The Morgan fingerprint density at radius 1 is 1.05 bits per heavy atom. The van der Waals surface area contributed by atoms with Crippen molar-refractivity contribution in [3.63, 3.8) is 0 Å². The third kappa shape index (κ3) is 5.93.